The molecule has 0 amide bonds. The second kappa shape index (κ2) is 35.7. The third kappa shape index (κ3) is 30.5. The summed E-state index contributed by atoms with van der Waals surface area (Å²) in [5, 5.41) is 30.8. The fourth-order valence-corrected chi connectivity index (χ4v) is 7.07. The van der Waals surface area contributed by atoms with Crippen LogP contribution in [0.1, 0.15) is 168 Å². The first kappa shape index (κ1) is 54.8. The van der Waals surface area contributed by atoms with E-state index >= 15 is 0 Å². The van der Waals surface area contributed by atoms with Crippen molar-refractivity contribution >= 4 is 22.1 Å². The molecule has 1 aliphatic rings. The minimum Gasteiger partial charge on any atom is -0.748 e. The maximum atomic E-state index is 12.8. The van der Waals surface area contributed by atoms with E-state index in [1.54, 1.807) is 0 Å². The van der Waals surface area contributed by atoms with E-state index in [1.807, 2.05) is 0 Å². The molecule has 6 atom stereocenters. The first-order valence-electron chi connectivity index (χ1n) is 21.5. The molecule has 334 valence electrons. The largest absolute Gasteiger partial charge is 0.748 e. The summed E-state index contributed by atoms with van der Waals surface area (Å²) in [6.45, 7) is 3.59. The number of esters is 2. The van der Waals surface area contributed by atoms with E-state index in [2.05, 4.69) is 50.3 Å². The van der Waals surface area contributed by atoms with E-state index in [-0.39, 0.29) is 25.6 Å². The van der Waals surface area contributed by atoms with Crippen molar-refractivity contribution in [3.8, 4) is 0 Å². The van der Waals surface area contributed by atoms with Gasteiger partial charge in [0.15, 0.2) is 12.4 Å². The van der Waals surface area contributed by atoms with Crippen LogP contribution in [0.5, 0.6) is 0 Å². The standard InChI is InChI=1S/C43H76O12S.H3N/c1-3-5-7-9-11-13-15-17-18-20-21-23-25-27-29-31-38(44)52-33-36(34-53-43-42(48)41(47)40(46)37(55-43)35-56(49,50)51)54-39(45)32-30-28-26-24-22-19-16-14-12-10-8-6-4-2;/h5,7,11,13,17-18,36-37,40-43,46-48H,3-4,6,8-10,12,14-16,19-35H2,1-2H3,(H,49,50,51);1H3/b7-5-,13-11-,18-17-;/t36-,37-,40-,41?,42?,43+;/m1./s1. The van der Waals surface area contributed by atoms with Gasteiger partial charge in [0.1, 0.15) is 31.0 Å². The van der Waals surface area contributed by atoms with E-state index in [0.29, 0.717) is 12.8 Å². The Balaban J connectivity index is 0.0000314. The van der Waals surface area contributed by atoms with E-state index in [1.165, 1.54) is 57.8 Å². The molecule has 13 nitrogen and oxygen atoms in total. The second-order valence-corrected chi connectivity index (χ2v) is 16.4. The Morgan fingerprint density at radius 3 is 1.68 bits per heavy atom. The Morgan fingerprint density at radius 1 is 0.649 bits per heavy atom. The maximum Gasteiger partial charge on any atom is 0.306 e. The Bertz CT molecular complexity index is 1190. The van der Waals surface area contributed by atoms with Gasteiger partial charge in [-0.05, 0) is 44.9 Å². The lowest BCUT2D eigenvalue weighted by Crippen LogP contribution is -2.60. The van der Waals surface area contributed by atoms with Crippen molar-refractivity contribution in [2.45, 2.75) is 205 Å². The SMILES string of the molecule is CC/C=C\C/C=C\C/C=C\CCCCCCCC(=O)OC[C@H](CO[C@H]1O[C@H](CS(=O)(=O)[O-])[C@@H](O)C(O)C1O)OC(=O)CCCCCCCCCCCCCCC.[NH4+]. The summed E-state index contributed by atoms with van der Waals surface area (Å²) >= 11 is 0. The van der Waals surface area contributed by atoms with Gasteiger partial charge in [-0.2, -0.15) is 0 Å². The number of ether oxygens (including phenoxy) is 4. The number of allylic oxidation sites excluding steroid dienone is 6. The highest BCUT2D eigenvalue weighted by Gasteiger charge is 2.45. The van der Waals surface area contributed by atoms with Crippen molar-refractivity contribution in [1.29, 1.82) is 0 Å². The molecule has 57 heavy (non-hydrogen) atoms. The molecule has 0 aromatic carbocycles. The fraction of sp³-hybridized carbons (Fsp3) is 0.814. The minimum absolute atomic E-state index is 0. The van der Waals surface area contributed by atoms with Gasteiger partial charge in [0.05, 0.1) is 22.5 Å². The lowest BCUT2D eigenvalue weighted by atomic mass is 10.00. The van der Waals surface area contributed by atoms with Gasteiger partial charge < -0.3 is 45.0 Å². The van der Waals surface area contributed by atoms with Crippen molar-refractivity contribution in [1.82, 2.24) is 6.15 Å². The Morgan fingerprint density at radius 2 is 1.14 bits per heavy atom. The third-order valence-corrected chi connectivity index (χ3v) is 10.5. The van der Waals surface area contributed by atoms with Gasteiger partial charge in [0.2, 0.25) is 0 Å². The molecule has 0 radical (unpaired) electrons. The van der Waals surface area contributed by atoms with Crippen LogP contribution in [0, 0.1) is 0 Å². The average molecular weight is 834 g/mol. The summed E-state index contributed by atoms with van der Waals surface area (Å²) in [5.74, 6) is -2.13. The average Bonchev–Trinajstić information content (AvgIpc) is 3.16. The molecule has 1 aliphatic heterocycles. The number of unbranched alkanes of at least 4 members (excludes halogenated alkanes) is 17. The van der Waals surface area contributed by atoms with Crippen LogP contribution in [-0.2, 0) is 38.7 Å². The van der Waals surface area contributed by atoms with Gasteiger partial charge in [-0.1, -0.05) is 147 Å². The summed E-state index contributed by atoms with van der Waals surface area (Å²) < 4.78 is 55.7. The number of rotatable bonds is 35. The van der Waals surface area contributed by atoms with Crippen LogP contribution in [0.25, 0.3) is 0 Å². The molecular weight excluding hydrogens is 755 g/mol. The molecule has 0 bridgehead atoms. The molecule has 1 rings (SSSR count). The Kier molecular flexibility index (Phi) is 34.4. The summed E-state index contributed by atoms with van der Waals surface area (Å²) in [5.41, 5.74) is 0. The van der Waals surface area contributed by atoms with Crippen LogP contribution in [0.15, 0.2) is 36.5 Å². The molecular formula is C43H79NO12S. The number of quaternary nitrogens is 1. The molecule has 1 heterocycles. The van der Waals surface area contributed by atoms with Crippen molar-refractivity contribution in [2.24, 2.45) is 0 Å². The lowest BCUT2D eigenvalue weighted by Gasteiger charge is -2.40. The monoisotopic (exact) mass is 834 g/mol. The predicted octanol–water partition coefficient (Wildman–Crippen LogP) is 8.26. The van der Waals surface area contributed by atoms with Gasteiger partial charge in [-0.15, -0.1) is 0 Å². The lowest BCUT2D eigenvalue weighted by molar-refractivity contribution is -0.297. The second-order valence-electron chi connectivity index (χ2n) is 15.0. The minimum atomic E-state index is -4.85. The molecule has 0 spiro atoms. The number of aliphatic hydroxyl groups excluding tert-OH is 3. The number of aliphatic hydroxyl groups is 3. The molecule has 7 N–H and O–H groups in total. The molecule has 0 aromatic rings. The van der Waals surface area contributed by atoms with Crippen LogP contribution in [0.3, 0.4) is 0 Å². The molecule has 1 saturated heterocycles. The summed E-state index contributed by atoms with van der Waals surface area (Å²) in [6, 6.07) is 0. The van der Waals surface area contributed by atoms with E-state index in [4.69, 9.17) is 18.9 Å². The zero-order valence-electron chi connectivity index (χ0n) is 35.4. The van der Waals surface area contributed by atoms with Crippen molar-refractivity contribution in [2.75, 3.05) is 19.0 Å². The highest BCUT2D eigenvalue weighted by molar-refractivity contribution is 7.85. The summed E-state index contributed by atoms with van der Waals surface area (Å²) in [7, 11) is -4.85. The van der Waals surface area contributed by atoms with Crippen LogP contribution >= 0.6 is 0 Å². The highest BCUT2D eigenvalue weighted by Crippen LogP contribution is 2.24. The van der Waals surface area contributed by atoms with Crippen LogP contribution in [0.2, 0.25) is 0 Å². The molecule has 0 aliphatic carbocycles. The van der Waals surface area contributed by atoms with Crippen LogP contribution in [-0.4, -0.2) is 96.0 Å². The zero-order chi connectivity index (χ0) is 41.3. The van der Waals surface area contributed by atoms with Crippen molar-refractivity contribution in [3.05, 3.63) is 36.5 Å². The van der Waals surface area contributed by atoms with E-state index < -0.39 is 71.2 Å². The van der Waals surface area contributed by atoms with Crippen LogP contribution in [0.4, 0.5) is 0 Å². The molecule has 0 saturated carbocycles. The first-order valence-corrected chi connectivity index (χ1v) is 23.1. The molecule has 2 unspecified atom stereocenters. The third-order valence-electron chi connectivity index (χ3n) is 9.73. The van der Waals surface area contributed by atoms with Gasteiger partial charge in [-0.25, -0.2) is 8.42 Å². The molecule has 14 heteroatoms. The maximum absolute atomic E-state index is 12.8. The zero-order valence-corrected chi connectivity index (χ0v) is 36.3. The smallest absolute Gasteiger partial charge is 0.306 e. The normalized spacial score (nSPS) is 20.6. The molecule has 1 fully saturated rings. The van der Waals surface area contributed by atoms with Gasteiger partial charge >= 0.3 is 11.9 Å². The van der Waals surface area contributed by atoms with Crippen molar-refractivity contribution < 1.29 is 56.8 Å². The number of hydrogen-bond acceptors (Lipinski definition) is 12. The Labute approximate surface area is 344 Å². The quantitative estimate of drug-likeness (QED) is 0.0205. The van der Waals surface area contributed by atoms with Crippen molar-refractivity contribution in [3.63, 3.8) is 0 Å². The number of hydrogen-bond donors (Lipinski definition) is 4. The van der Waals surface area contributed by atoms with Crippen LogP contribution < -0.4 is 6.15 Å². The topological polar surface area (TPSA) is 225 Å². The first-order chi connectivity index (χ1) is 27.0. The van der Waals surface area contributed by atoms with Gasteiger partial charge in [-0.3, -0.25) is 9.59 Å². The fourth-order valence-electron chi connectivity index (χ4n) is 6.39. The predicted molar refractivity (Wildman–Crippen MR) is 224 cm³/mol. The molecule has 0 aromatic heterocycles. The summed E-state index contributed by atoms with van der Waals surface area (Å²) in [4.78, 5) is 25.3. The number of carbonyl (C=O) groups is 2. The van der Waals surface area contributed by atoms with E-state index in [0.717, 1.165) is 70.6 Å². The van der Waals surface area contributed by atoms with Gasteiger partial charge in [0, 0.05) is 12.8 Å². The number of carbonyl (C=O) groups excluding carboxylic acids is 2. The Hall–Kier alpha value is -2.17. The van der Waals surface area contributed by atoms with Gasteiger partial charge in [0.25, 0.3) is 0 Å². The van der Waals surface area contributed by atoms with E-state index in [9.17, 15) is 37.9 Å². The highest BCUT2D eigenvalue weighted by atomic mass is 32.2. The summed E-state index contributed by atoms with van der Waals surface area (Å²) in [6.07, 6.45) is 27.3.